The molecule has 0 spiro atoms. The van der Waals surface area contributed by atoms with E-state index in [9.17, 15) is 9.59 Å². The molecule has 6 nitrogen and oxygen atoms in total. The molecule has 0 aliphatic heterocycles. The van der Waals surface area contributed by atoms with Gasteiger partial charge >= 0.3 is 6.03 Å². The van der Waals surface area contributed by atoms with Crippen LogP contribution in [0.1, 0.15) is 22.9 Å². The van der Waals surface area contributed by atoms with Gasteiger partial charge in [0.25, 0.3) is 0 Å². The second-order valence-electron chi connectivity index (χ2n) is 3.96. The Bertz CT molecular complexity index is 531. The molecule has 102 valence electrons. The van der Waals surface area contributed by atoms with Crippen LogP contribution < -0.4 is 16.0 Å². The topological polar surface area (TPSA) is 94.0 Å². The number of rotatable bonds is 4. The molecule has 3 amide bonds. The zero-order valence-corrected chi connectivity index (χ0v) is 11.9. The Morgan fingerprint density at radius 1 is 1.26 bits per heavy atom. The highest BCUT2D eigenvalue weighted by Crippen LogP contribution is 2.31. The maximum atomic E-state index is 11.6. The van der Waals surface area contributed by atoms with Crippen LogP contribution >= 0.6 is 11.3 Å². The van der Waals surface area contributed by atoms with E-state index in [4.69, 9.17) is 5.26 Å². The van der Waals surface area contributed by atoms with Crippen molar-refractivity contribution in [1.82, 2.24) is 10.6 Å². The second kappa shape index (κ2) is 6.75. The molecular weight excluding hydrogens is 264 g/mol. The summed E-state index contributed by atoms with van der Waals surface area (Å²) in [7, 11) is 0. The molecule has 3 N–H and O–H groups in total. The number of nitrogens with one attached hydrogen (secondary N) is 3. The fourth-order valence-electron chi connectivity index (χ4n) is 1.41. The minimum atomic E-state index is -0.386. The van der Waals surface area contributed by atoms with E-state index in [2.05, 4.69) is 22.0 Å². The van der Waals surface area contributed by atoms with E-state index >= 15 is 0 Å². The first-order valence-electron chi connectivity index (χ1n) is 5.75. The Morgan fingerprint density at radius 2 is 1.89 bits per heavy atom. The third-order valence-electron chi connectivity index (χ3n) is 2.51. The van der Waals surface area contributed by atoms with Gasteiger partial charge in [-0.05, 0) is 19.4 Å². The Hall–Kier alpha value is -2.07. The molecule has 0 bridgehead atoms. The van der Waals surface area contributed by atoms with Gasteiger partial charge in [0.2, 0.25) is 5.91 Å². The highest BCUT2D eigenvalue weighted by atomic mass is 32.1. The van der Waals surface area contributed by atoms with Gasteiger partial charge in [0.15, 0.2) is 0 Å². The lowest BCUT2D eigenvalue weighted by Crippen LogP contribution is -2.36. The van der Waals surface area contributed by atoms with Crippen molar-refractivity contribution in [1.29, 1.82) is 5.26 Å². The van der Waals surface area contributed by atoms with Crippen molar-refractivity contribution in [3.63, 3.8) is 0 Å². The lowest BCUT2D eigenvalue weighted by atomic mass is 10.2. The maximum absolute atomic E-state index is 11.6. The summed E-state index contributed by atoms with van der Waals surface area (Å²) in [6.07, 6.45) is 0. The molecule has 1 rings (SSSR count). The third kappa shape index (κ3) is 4.26. The van der Waals surface area contributed by atoms with Crippen molar-refractivity contribution in [3.05, 3.63) is 16.0 Å². The molecule has 0 fully saturated rings. The molecule has 0 saturated carbocycles. The van der Waals surface area contributed by atoms with Crippen LogP contribution in [0.25, 0.3) is 0 Å². The zero-order chi connectivity index (χ0) is 14.4. The summed E-state index contributed by atoms with van der Waals surface area (Å²) < 4.78 is 0. The van der Waals surface area contributed by atoms with E-state index < -0.39 is 0 Å². The van der Waals surface area contributed by atoms with Gasteiger partial charge in [0.1, 0.15) is 11.1 Å². The summed E-state index contributed by atoms with van der Waals surface area (Å²) in [4.78, 5) is 23.2. The van der Waals surface area contributed by atoms with Gasteiger partial charge in [-0.2, -0.15) is 5.26 Å². The number of nitrogens with zero attached hydrogens (tertiary/aromatic N) is 1. The number of hydrogen-bond donors (Lipinski definition) is 3. The minimum absolute atomic E-state index is 0.140. The second-order valence-corrected chi connectivity index (χ2v) is 5.19. The number of thiophene rings is 1. The van der Waals surface area contributed by atoms with E-state index in [1.54, 1.807) is 0 Å². The molecule has 19 heavy (non-hydrogen) atoms. The van der Waals surface area contributed by atoms with Gasteiger partial charge in [-0.3, -0.25) is 10.1 Å². The molecule has 0 aromatic carbocycles. The predicted molar refractivity (Wildman–Crippen MR) is 74.2 cm³/mol. The first kappa shape index (κ1) is 15.0. The van der Waals surface area contributed by atoms with E-state index in [1.165, 1.54) is 18.3 Å². The molecular formula is C12H16N4O2S. The zero-order valence-electron chi connectivity index (χ0n) is 11.1. The molecule has 1 heterocycles. The molecule has 0 atom stereocenters. The van der Waals surface area contributed by atoms with Crippen molar-refractivity contribution in [2.45, 2.75) is 20.8 Å². The van der Waals surface area contributed by atoms with Crippen LogP contribution in [0.2, 0.25) is 0 Å². The lowest BCUT2D eigenvalue weighted by molar-refractivity contribution is -0.118. The van der Waals surface area contributed by atoms with E-state index in [-0.39, 0.29) is 11.9 Å². The average Bonchev–Trinajstić information content (AvgIpc) is 2.60. The van der Waals surface area contributed by atoms with Gasteiger partial charge in [0.05, 0.1) is 5.56 Å². The Labute approximate surface area is 115 Å². The summed E-state index contributed by atoms with van der Waals surface area (Å²) >= 11 is 1.37. The number of hydrogen-bond acceptors (Lipinski definition) is 4. The number of nitriles is 1. The van der Waals surface area contributed by atoms with Gasteiger partial charge in [-0.1, -0.05) is 0 Å². The number of amides is 3. The minimum Gasteiger partial charge on any atom is -0.355 e. The van der Waals surface area contributed by atoms with Crippen LogP contribution in [0.4, 0.5) is 9.80 Å². The standard InChI is InChI=1S/C12H16N4O2S/c1-7-8(2)19-11(10(7)6-13)16-12(18)15-5-4-14-9(3)17/h4-5H2,1-3H3,(H,14,17)(H2,15,16,18). The van der Waals surface area contributed by atoms with Crippen LogP contribution in [0.15, 0.2) is 0 Å². The van der Waals surface area contributed by atoms with Crippen molar-refractivity contribution in [2.24, 2.45) is 0 Å². The van der Waals surface area contributed by atoms with Gasteiger partial charge in [0, 0.05) is 24.9 Å². The van der Waals surface area contributed by atoms with Crippen LogP contribution in [0.3, 0.4) is 0 Å². The first-order valence-corrected chi connectivity index (χ1v) is 6.56. The largest absolute Gasteiger partial charge is 0.355 e. The number of urea groups is 1. The van der Waals surface area contributed by atoms with Crippen molar-refractivity contribution >= 4 is 28.3 Å². The van der Waals surface area contributed by atoms with E-state index in [0.717, 1.165) is 10.4 Å². The lowest BCUT2D eigenvalue weighted by Gasteiger charge is -2.06. The predicted octanol–water partition coefficient (Wildman–Crippen LogP) is 1.49. The van der Waals surface area contributed by atoms with Crippen LogP contribution in [0.5, 0.6) is 0 Å². The smallest absolute Gasteiger partial charge is 0.319 e. The Kier molecular flexibility index (Phi) is 5.33. The average molecular weight is 280 g/mol. The molecule has 0 aliphatic rings. The molecule has 1 aromatic rings. The molecule has 0 radical (unpaired) electrons. The highest BCUT2D eigenvalue weighted by Gasteiger charge is 2.14. The molecule has 1 aromatic heterocycles. The fraction of sp³-hybridized carbons (Fsp3) is 0.417. The Balaban J connectivity index is 2.51. The third-order valence-corrected chi connectivity index (χ3v) is 3.63. The van der Waals surface area contributed by atoms with Crippen LogP contribution in [-0.2, 0) is 4.79 Å². The summed E-state index contributed by atoms with van der Waals surface area (Å²) in [6, 6.07) is 1.70. The van der Waals surface area contributed by atoms with Gasteiger partial charge < -0.3 is 10.6 Å². The van der Waals surface area contributed by atoms with Gasteiger partial charge in [-0.25, -0.2) is 4.79 Å². The summed E-state index contributed by atoms with van der Waals surface area (Å²) in [5, 5.41) is 17.4. The number of anilines is 1. The van der Waals surface area contributed by atoms with Crippen molar-refractivity contribution < 1.29 is 9.59 Å². The molecule has 0 saturated heterocycles. The molecule has 0 unspecified atom stereocenters. The normalized spacial score (nSPS) is 9.58. The fourth-order valence-corrected chi connectivity index (χ4v) is 2.42. The summed E-state index contributed by atoms with van der Waals surface area (Å²) in [5.41, 5.74) is 1.39. The number of carbonyl (C=O) groups is 2. The van der Waals surface area contributed by atoms with E-state index in [0.29, 0.717) is 23.7 Å². The number of aryl methyl sites for hydroxylation is 1. The SMILES string of the molecule is CC(=O)NCCNC(=O)Nc1sc(C)c(C)c1C#N. The van der Waals surface area contributed by atoms with Crippen molar-refractivity contribution in [2.75, 3.05) is 18.4 Å². The summed E-state index contributed by atoms with van der Waals surface area (Å²) in [5.74, 6) is -0.140. The highest BCUT2D eigenvalue weighted by molar-refractivity contribution is 7.16. The summed E-state index contributed by atoms with van der Waals surface area (Å²) in [6.45, 7) is 5.87. The van der Waals surface area contributed by atoms with Gasteiger partial charge in [-0.15, -0.1) is 11.3 Å². The van der Waals surface area contributed by atoms with Crippen LogP contribution in [-0.4, -0.2) is 25.0 Å². The molecule has 0 aliphatic carbocycles. The van der Waals surface area contributed by atoms with Crippen molar-refractivity contribution in [3.8, 4) is 6.07 Å². The van der Waals surface area contributed by atoms with Crippen LogP contribution in [0, 0.1) is 25.2 Å². The monoisotopic (exact) mass is 280 g/mol. The number of carbonyl (C=O) groups excluding carboxylic acids is 2. The Morgan fingerprint density at radius 3 is 2.47 bits per heavy atom. The quantitative estimate of drug-likeness (QED) is 0.729. The first-order chi connectivity index (χ1) is 8.95. The maximum Gasteiger partial charge on any atom is 0.319 e. The van der Waals surface area contributed by atoms with E-state index in [1.807, 2.05) is 13.8 Å². The molecule has 7 heteroatoms.